The van der Waals surface area contributed by atoms with Gasteiger partial charge in [-0.2, -0.15) is 0 Å². The second-order valence-electron chi connectivity index (χ2n) is 5.70. The van der Waals surface area contributed by atoms with Crippen LogP contribution in [0.1, 0.15) is 12.0 Å². The van der Waals surface area contributed by atoms with Crippen LogP contribution in [0.15, 0.2) is 72.9 Å². The Bertz CT molecular complexity index is 830. The van der Waals surface area contributed by atoms with E-state index in [-0.39, 0.29) is 5.91 Å². The minimum absolute atomic E-state index is 0.0305. The van der Waals surface area contributed by atoms with E-state index in [1.165, 1.54) is 0 Å². The van der Waals surface area contributed by atoms with Crippen LogP contribution in [0, 0.1) is 0 Å². The summed E-state index contributed by atoms with van der Waals surface area (Å²) in [5.41, 5.74) is 3.72. The molecule has 1 N–H and O–H groups in total. The van der Waals surface area contributed by atoms with Crippen LogP contribution in [0.4, 0.5) is 5.69 Å². The second-order valence-corrected chi connectivity index (χ2v) is 5.70. The van der Waals surface area contributed by atoms with Crippen molar-refractivity contribution in [2.45, 2.75) is 12.8 Å². The van der Waals surface area contributed by atoms with Gasteiger partial charge in [0.2, 0.25) is 5.91 Å². The molecule has 4 nitrogen and oxygen atoms in total. The van der Waals surface area contributed by atoms with Gasteiger partial charge in [0.25, 0.3) is 0 Å². The first-order valence-corrected chi connectivity index (χ1v) is 8.19. The standard InChI is InChI=1S/C21H20N2O2/c1-25-19-9-5-6-16(14-19)10-13-21(24)23-18-11-12-20(22-15-18)17-7-3-2-4-8-17/h2-9,11-12,14-15H,10,13H2,1H3,(H,23,24). The quantitative estimate of drug-likeness (QED) is 0.731. The fraction of sp³-hybridized carbons (Fsp3) is 0.143. The molecule has 1 amide bonds. The Balaban J connectivity index is 1.56. The normalized spacial score (nSPS) is 10.3. The molecule has 0 unspecified atom stereocenters. The minimum Gasteiger partial charge on any atom is -0.497 e. The summed E-state index contributed by atoms with van der Waals surface area (Å²) in [6.45, 7) is 0. The number of hydrogen-bond acceptors (Lipinski definition) is 3. The van der Waals surface area contributed by atoms with Gasteiger partial charge in [0.1, 0.15) is 5.75 Å². The summed E-state index contributed by atoms with van der Waals surface area (Å²) in [7, 11) is 1.64. The van der Waals surface area contributed by atoms with Crippen LogP contribution >= 0.6 is 0 Å². The first-order valence-electron chi connectivity index (χ1n) is 8.19. The van der Waals surface area contributed by atoms with Crippen LogP contribution < -0.4 is 10.1 Å². The number of amides is 1. The van der Waals surface area contributed by atoms with Gasteiger partial charge in [-0.25, -0.2) is 0 Å². The second kappa shape index (κ2) is 8.11. The number of anilines is 1. The van der Waals surface area contributed by atoms with Crippen molar-refractivity contribution in [3.05, 3.63) is 78.5 Å². The number of carbonyl (C=O) groups excluding carboxylic acids is 1. The highest BCUT2D eigenvalue weighted by Gasteiger charge is 2.05. The van der Waals surface area contributed by atoms with Crippen molar-refractivity contribution in [1.29, 1.82) is 0 Å². The number of nitrogens with zero attached hydrogens (tertiary/aromatic N) is 1. The van der Waals surface area contributed by atoms with E-state index in [1.807, 2.05) is 66.7 Å². The summed E-state index contributed by atoms with van der Waals surface area (Å²) in [5, 5.41) is 2.89. The fourth-order valence-corrected chi connectivity index (χ4v) is 2.56. The first kappa shape index (κ1) is 16.7. The SMILES string of the molecule is COc1cccc(CCC(=O)Nc2ccc(-c3ccccc3)nc2)c1. The maximum Gasteiger partial charge on any atom is 0.224 e. The smallest absolute Gasteiger partial charge is 0.224 e. The van der Waals surface area contributed by atoms with Crippen LogP contribution in [-0.4, -0.2) is 18.0 Å². The van der Waals surface area contributed by atoms with Gasteiger partial charge >= 0.3 is 0 Å². The number of benzene rings is 2. The Morgan fingerprint density at radius 1 is 1.04 bits per heavy atom. The summed E-state index contributed by atoms with van der Waals surface area (Å²) in [6.07, 6.45) is 2.76. The molecule has 126 valence electrons. The van der Waals surface area contributed by atoms with Gasteiger partial charge in [-0.15, -0.1) is 0 Å². The third-order valence-corrected chi connectivity index (χ3v) is 3.89. The third-order valence-electron chi connectivity index (χ3n) is 3.89. The molecule has 0 aliphatic rings. The van der Waals surface area contributed by atoms with Gasteiger partial charge in [-0.05, 0) is 36.2 Å². The molecule has 25 heavy (non-hydrogen) atoms. The van der Waals surface area contributed by atoms with Gasteiger partial charge in [0.05, 0.1) is 24.7 Å². The van der Waals surface area contributed by atoms with E-state index < -0.39 is 0 Å². The van der Waals surface area contributed by atoms with Crippen LogP contribution in [0.25, 0.3) is 11.3 Å². The molecule has 0 bridgehead atoms. The van der Waals surface area contributed by atoms with E-state index in [0.717, 1.165) is 22.6 Å². The largest absolute Gasteiger partial charge is 0.497 e. The zero-order valence-corrected chi connectivity index (χ0v) is 14.1. The van der Waals surface area contributed by atoms with E-state index in [9.17, 15) is 4.79 Å². The summed E-state index contributed by atoms with van der Waals surface area (Å²) in [5.74, 6) is 0.774. The summed E-state index contributed by atoms with van der Waals surface area (Å²) >= 11 is 0. The maximum absolute atomic E-state index is 12.1. The molecule has 0 radical (unpaired) electrons. The summed E-state index contributed by atoms with van der Waals surface area (Å²) < 4.78 is 5.20. The molecule has 3 aromatic rings. The molecule has 1 aromatic heterocycles. The number of nitrogens with one attached hydrogen (secondary N) is 1. The number of methoxy groups -OCH3 is 1. The van der Waals surface area contributed by atoms with Crippen LogP contribution in [0.2, 0.25) is 0 Å². The molecular formula is C21H20N2O2. The van der Waals surface area contributed by atoms with Crippen molar-refractivity contribution in [3.8, 4) is 17.0 Å². The molecule has 0 saturated carbocycles. The molecule has 3 rings (SSSR count). The molecule has 0 aliphatic heterocycles. The first-order chi connectivity index (χ1) is 12.2. The Kier molecular flexibility index (Phi) is 5.42. The Morgan fingerprint density at radius 2 is 1.88 bits per heavy atom. The molecule has 0 aliphatic carbocycles. The van der Waals surface area contributed by atoms with Crippen molar-refractivity contribution < 1.29 is 9.53 Å². The zero-order valence-electron chi connectivity index (χ0n) is 14.1. The molecule has 0 spiro atoms. The molecule has 0 atom stereocenters. The Labute approximate surface area is 147 Å². The van der Waals surface area contributed by atoms with Gasteiger partial charge in [0.15, 0.2) is 0 Å². The van der Waals surface area contributed by atoms with Crippen LogP contribution in [0.5, 0.6) is 5.75 Å². The summed E-state index contributed by atoms with van der Waals surface area (Å²) in [6, 6.07) is 21.5. The highest BCUT2D eigenvalue weighted by molar-refractivity contribution is 5.90. The average molecular weight is 332 g/mol. The molecule has 2 aromatic carbocycles. The van der Waals surface area contributed by atoms with Crippen molar-refractivity contribution in [1.82, 2.24) is 4.98 Å². The fourth-order valence-electron chi connectivity index (χ4n) is 2.56. The molecule has 0 fully saturated rings. The van der Waals surface area contributed by atoms with Crippen LogP contribution in [0.3, 0.4) is 0 Å². The number of ether oxygens (including phenoxy) is 1. The van der Waals surface area contributed by atoms with Gasteiger partial charge in [-0.1, -0.05) is 42.5 Å². The van der Waals surface area contributed by atoms with E-state index in [1.54, 1.807) is 13.3 Å². The number of pyridine rings is 1. The lowest BCUT2D eigenvalue weighted by Gasteiger charge is -2.07. The third kappa shape index (κ3) is 4.67. The van der Waals surface area contributed by atoms with Gasteiger partial charge in [0, 0.05) is 12.0 Å². The van der Waals surface area contributed by atoms with Crippen molar-refractivity contribution in [2.75, 3.05) is 12.4 Å². The van der Waals surface area contributed by atoms with Gasteiger partial charge < -0.3 is 10.1 Å². The van der Waals surface area contributed by atoms with Gasteiger partial charge in [-0.3, -0.25) is 9.78 Å². The lowest BCUT2D eigenvalue weighted by atomic mass is 10.1. The van der Waals surface area contributed by atoms with Crippen molar-refractivity contribution >= 4 is 11.6 Å². The highest BCUT2D eigenvalue weighted by atomic mass is 16.5. The predicted molar refractivity (Wildman–Crippen MR) is 99.6 cm³/mol. The zero-order chi connectivity index (χ0) is 17.5. The average Bonchev–Trinajstić information content (AvgIpc) is 2.68. The topological polar surface area (TPSA) is 51.2 Å². The Morgan fingerprint density at radius 3 is 2.60 bits per heavy atom. The predicted octanol–water partition coefficient (Wildman–Crippen LogP) is 4.33. The lowest BCUT2D eigenvalue weighted by Crippen LogP contribution is -2.12. The van der Waals surface area contributed by atoms with Crippen molar-refractivity contribution in [2.24, 2.45) is 0 Å². The number of carbonyl (C=O) groups is 1. The van der Waals surface area contributed by atoms with E-state index >= 15 is 0 Å². The highest BCUT2D eigenvalue weighted by Crippen LogP contribution is 2.18. The van der Waals surface area contributed by atoms with Crippen LogP contribution in [-0.2, 0) is 11.2 Å². The van der Waals surface area contributed by atoms with E-state index in [0.29, 0.717) is 18.5 Å². The number of aryl methyl sites for hydroxylation is 1. The van der Waals surface area contributed by atoms with Crippen molar-refractivity contribution in [3.63, 3.8) is 0 Å². The molecule has 1 heterocycles. The maximum atomic E-state index is 12.1. The molecule has 4 heteroatoms. The van der Waals surface area contributed by atoms with E-state index in [4.69, 9.17) is 4.74 Å². The summed E-state index contributed by atoms with van der Waals surface area (Å²) in [4.78, 5) is 16.5. The number of aromatic nitrogens is 1. The number of hydrogen-bond donors (Lipinski definition) is 1. The van der Waals surface area contributed by atoms with E-state index in [2.05, 4.69) is 10.3 Å². The lowest BCUT2D eigenvalue weighted by molar-refractivity contribution is -0.116. The molecular weight excluding hydrogens is 312 g/mol. The molecule has 0 saturated heterocycles. The monoisotopic (exact) mass is 332 g/mol. The Hall–Kier alpha value is -3.14. The minimum atomic E-state index is -0.0305. The number of rotatable bonds is 6.